The number of aromatic nitrogens is 1. The van der Waals surface area contributed by atoms with E-state index in [4.69, 9.17) is 14.9 Å². The second-order valence-electron chi connectivity index (χ2n) is 5.23. The molecule has 0 bridgehead atoms. The Morgan fingerprint density at radius 1 is 1.28 bits per heavy atom. The molecule has 2 aromatic rings. The van der Waals surface area contributed by atoms with Gasteiger partial charge in [0.15, 0.2) is 5.76 Å². The Kier molecular flexibility index (Phi) is 3.03. The molecule has 0 spiro atoms. The maximum atomic E-state index is 5.51. The first-order chi connectivity index (χ1) is 8.41. The Morgan fingerprint density at radius 3 is 2.50 bits per heavy atom. The predicted octanol–water partition coefficient (Wildman–Crippen LogP) is 3.23. The van der Waals surface area contributed by atoms with Crippen molar-refractivity contribution in [3.05, 3.63) is 30.0 Å². The van der Waals surface area contributed by atoms with Crippen molar-refractivity contribution in [2.24, 2.45) is 0 Å². The lowest BCUT2D eigenvalue weighted by Gasteiger charge is -2.20. The fraction of sp³-hybridized carbons (Fsp3) is 0.357. The van der Waals surface area contributed by atoms with Gasteiger partial charge in [-0.15, -0.1) is 0 Å². The molecular weight excluding hydrogens is 228 g/mol. The third-order valence-electron chi connectivity index (χ3n) is 2.85. The quantitative estimate of drug-likeness (QED) is 0.883. The minimum atomic E-state index is 0.0621. The van der Waals surface area contributed by atoms with Gasteiger partial charge >= 0.3 is 0 Å². The number of benzene rings is 1. The number of nitrogens with two attached hydrogens (primary N) is 1. The molecule has 0 saturated carbocycles. The molecule has 4 nitrogen and oxygen atoms in total. The first-order valence-electron chi connectivity index (χ1n) is 5.82. The fourth-order valence-corrected chi connectivity index (χ4v) is 1.78. The summed E-state index contributed by atoms with van der Waals surface area (Å²) in [6.07, 6.45) is 1.61. The van der Waals surface area contributed by atoms with E-state index in [1.807, 2.05) is 6.07 Å². The van der Waals surface area contributed by atoms with Crippen LogP contribution in [0.1, 0.15) is 26.3 Å². The van der Waals surface area contributed by atoms with Crippen LogP contribution >= 0.6 is 0 Å². The average molecular weight is 246 g/mol. The van der Waals surface area contributed by atoms with Crippen molar-refractivity contribution >= 4 is 6.01 Å². The normalized spacial score (nSPS) is 11.6. The molecule has 0 radical (unpaired) electrons. The third-order valence-corrected chi connectivity index (χ3v) is 2.85. The molecule has 0 saturated heterocycles. The first kappa shape index (κ1) is 12.5. The SMILES string of the molecule is COc1ccc(C(C)(C)C)cc1-c1cnc(N)o1. The Hall–Kier alpha value is -1.97. The second kappa shape index (κ2) is 4.37. The van der Waals surface area contributed by atoms with Gasteiger partial charge in [0.2, 0.25) is 0 Å². The summed E-state index contributed by atoms with van der Waals surface area (Å²) in [5, 5.41) is 0. The van der Waals surface area contributed by atoms with Crippen molar-refractivity contribution in [1.29, 1.82) is 0 Å². The van der Waals surface area contributed by atoms with Crippen LogP contribution in [0.25, 0.3) is 11.3 Å². The second-order valence-corrected chi connectivity index (χ2v) is 5.23. The highest BCUT2D eigenvalue weighted by Crippen LogP contribution is 2.35. The number of oxazole rings is 1. The zero-order chi connectivity index (χ0) is 13.3. The van der Waals surface area contributed by atoms with Crippen LogP contribution in [-0.2, 0) is 5.41 Å². The third kappa shape index (κ3) is 2.32. The number of nitrogens with zero attached hydrogens (tertiary/aromatic N) is 1. The summed E-state index contributed by atoms with van der Waals surface area (Å²) in [5.41, 5.74) is 7.65. The number of methoxy groups -OCH3 is 1. The van der Waals surface area contributed by atoms with Gasteiger partial charge in [0.25, 0.3) is 6.01 Å². The molecule has 1 aromatic heterocycles. The Labute approximate surface area is 107 Å². The Bertz CT molecular complexity index is 553. The van der Waals surface area contributed by atoms with Gasteiger partial charge in [-0.3, -0.25) is 0 Å². The monoisotopic (exact) mass is 246 g/mol. The molecular formula is C14H18N2O2. The topological polar surface area (TPSA) is 61.3 Å². The van der Waals surface area contributed by atoms with Gasteiger partial charge < -0.3 is 14.9 Å². The summed E-state index contributed by atoms with van der Waals surface area (Å²) < 4.78 is 10.7. The molecule has 0 aliphatic rings. The highest BCUT2D eigenvalue weighted by atomic mass is 16.5. The molecule has 0 aliphatic heterocycles. The molecule has 18 heavy (non-hydrogen) atoms. The van der Waals surface area contributed by atoms with Gasteiger partial charge in [-0.1, -0.05) is 26.8 Å². The van der Waals surface area contributed by atoms with Crippen molar-refractivity contribution in [2.45, 2.75) is 26.2 Å². The fourth-order valence-electron chi connectivity index (χ4n) is 1.78. The molecule has 1 aromatic carbocycles. The Balaban J connectivity index is 2.56. The highest BCUT2D eigenvalue weighted by molar-refractivity contribution is 5.67. The van der Waals surface area contributed by atoms with E-state index in [0.717, 1.165) is 11.3 Å². The minimum absolute atomic E-state index is 0.0621. The lowest BCUT2D eigenvalue weighted by molar-refractivity contribution is 0.414. The molecule has 2 rings (SSSR count). The largest absolute Gasteiger partial charge is 0.496 e. The lowest BCUT2D eigenvalue weighted by Crippen LogP contribution is -2.11. The Morgan fingerprint density at radius 2 is 2.00 bits per heavy atom. The van der Waals surface area contributed by atoms with Crippen molar-refractivity contribution in [2.75, 3.05) is 12.8 Å². The summed E-state index contributed by atoms with van der Waals surface area (Å²) in [5.74, 6) is 1.37. The molecule has 0 amide bonds. The van der Waals surface area contributed by atoms with E-state index >= 15 is 0 Å². The highest BCUT2D eigenvalue weighted by Gasteiger charge is 2.18. The summed E-state index contributed by atoms with van der Waals surface area (Å²) in [4.78, 5) is 3.92. The van der Waals surface area contributed by atoms with E-state index in [2.05, 4.69) is 37.9 Å². The number of nitrogen functional groups attached to an aromatic ring is 1. The van der Waals surface area contributed by atoms with Gasteiger partial charge in [0.1, 0.15) is 5.75 Å². The van der Waals surface area contributed by atoms with Crippen LogP contribution in [0.15, 0.2) is 28.8 Å². The van der Waals surface area contributed by atoms with E-state index in [1.54, 1.807) is 13.3 Å². The van der Waals surface area contributed by atoms with Crippen LogP contribution in [0.3, 0.4) is 0 Å². The predicted molar refractivity (Wildman–Crippen MR) is 71.6 cm³/mol. The molecule has 2 N–H and O–H groups in total. The zero-order valence-electron chi connectivity index (χ0n) is 11.2. The maximum Gasteiger partial charge on any atom is 0.292 e. The number of hydrogen-bond acceptors (Lipinski definition) is 4. The van der Waals surface area contributed by atoms with Crippen molar-refractivity contribution in [3.63, 3.8) is 0 Å². The van der Waals surface area contributed by atoms with Gasteiger partial charge in [-0.2, -0.15) is 0 Å². The maximum absolute atomic E-state index is 5.51. The van der Waals surface area contributed by atoms with Gasteiger partial charge in [-0.05, 0) is 23.1 Å². The molecule has 4 heteroatoms. The van der Waals surface area contributed by atoms with Crippen LogP contribution in [0, 0.1) is 0 Å². The number of hydrogen-bond donors (Lipinski definition) is 1. The lowest BCUT2D eigenvalue weighted by atomic mass is 9.86. The molecule has 0 aliphatic carbocycles. The number of anilines is 1. The molecule has 0 atom stereocenters. The standard InChI is InChI=1S/C14H18N2O2/c1-14(2,3)9-5-6-11(17-4)10(7-9)12-8-16-13(15)18-12/h5-8H,1-4H3,(H2,15,16). The summed E-state index contributed by atoms with van der Waals surface area (Å²) >= 11 is 0. The van der Waals surface area contributed by atoms with Gasteiger partial charge in [0.05, 0.1) is 18.9 Å². The zero-order valence-corrected chi connectivity index (χ0v) is 11.2. The van der Waals surface area contributed by atoms with E-state index in [-0.39, 0.29) is 11.4 Å². The van der Waals surface area contributed by atoms with E-state index in [9.17, 15) is 0 Å². The molecule has 0 unspecified atom stereocenters. The molecule has 96 valence electrons. The van der Waals surface area contributed by atoms with E-state index in [1.165, 1.54) is 5.56 Å². The number of ether oxygens (including phenoxy) is 1. The van der Waals surface area contributed by atoms with Crippen LogP contribution in [0.4, 0.5) is 6.01 Å². The van der Waals surface area contributed by atoms with Crippen molar-refractivity contribution in [1.82, 2.24) is 4.98 Å². The first-order valence-corrected chi connectivity index (χ1v) is 5.82. The summed E-state index contributed by atoms with van der Waals surface area (Å²) in [6.45, 7) is 6.48. The summed E-state index contributed by atoms with van der Waals surface area (Å²) in [6, 6.07) is 6.21. The van der Waals surface area contributed by atoms with Crippen LogP contribution in [0.5, 0.6) is 5.75 Å². The average Bonchev–Trinajstić information content (AvgIpc) is 2.73. The van der Waals surface area contributed by atoms with E-state index in [0.29, 0.717) is 5.76 Å². The molecule has 1 heterocycles. The minimum Gasteiger partial charge on any atom is -0.496 e. The van der Waals surface area contributed by atoms with Crippen LogP contribution < -0.4 is 10.5 Å². The van der Waals surface area contributed by atoms with Crippen molar-refractivity contribution < 1.29 is 9.15 Å². The van der Waals surface area contributed by atoms with Gasteiger partial charge in [-0.25, -0.2) is 4.98 Å². The van der Waals surface area contributed by atoms with Crippen molar-refractivity contribution in [3.8, 4) is 17.1 Å². The number of rotatable bonds is 2. The smallest absolute Gasteiger partial charge is 0.292 e. The summed E-state index contributed by atoms with van der Waals surface area (Å²) in [7, 11) is 1.63. The van der Waals surface area contributed by atoms with E-state index < -0.39 is 0 Å². The van der Waals surface area contributed by atoms with Crippen LogP contribution in [0.2, 0.25) is 0 Å². The van der Waals surface area contributed by atoms with Crippen LogP contribution in [-0.4, -0.2) is 12.1 Å². The van der Waals surface area contributed by atoms with Gasteiger partial charge in [0, 0.05) is 0 Å². The molecule has 0 fully saturated rings.